The van der Waals surface area contributed by atoms with E-state index in [9.17, 15) is 13.2 Å². The summed E-state index contributed by atoms with van der Waals surface area (Å²) in [6, 6.07) is 0. The van der Waals surface area contributed by atoms with Gasteiger partial charge in [0.2, 0.25) is 0 Å². The summed E-state index contributed by atoms with van der Waals surface area (Å²) in [5.41, 5.74) is -0.427. The summed E-state index contributed by atoms with van der Waals surface area (Å²) in [5.74, 6) is -0.187. The predicted molar refractivity (Wildman–Crippen MR) is 63.3 cm³/mol. The molecule has 0 saturated carbocycles. The number of carbonyl (C=O) groups is 1. The van der Waals surface area contributed by atoms with Crippen molar-refractivity contribution in [2.75, 3.05) is 31.2 Å². The van der Waals surface area contributed by atoms with Gasteiger partial charge in [0, 0.05) is 18.5 Å². The lowest BCUT2D eigenvalue weighted by molar-refractivity contribution is -0.150. The Bertz CT molecular complexity index is 406. The second-order valence-electron chi connectivity index (χ2n) is 4.99. The zero-order valence-corrected chi connectivity index (χ0v) is 10.9. The van der Waals surface area contributed by atoms with Gasteiger partial charge in [-0.2, -0.15) is 0 Å². The third-order valence-electron chi connectivity index (χ3n) is 3.77. The van der Waals surface area contributed by atoms with Gasteiger partial charge in [-0.15, -0.1) is 0 Å². The molecule has 2 rings (SSSR count). The molecule has 5 nitrogen and oxygen atoms in total. The van der Waals surface area contributed by atoms with Gasteiger partial charge < -0.3 is 10.1 Å². The molecule has 2 aliphatic heterocycles. The molecule has 0 bridgehead atoms. The van der Waals surface area contributed by atoms with E-state index in [1.807, 2.05) is 0 Å². The van der Waals surface area contributed by atoms with E-state index in [0.717, 1.165) is 6.42 Å². The summed E-state index contributed by atoms with van der Waals surface area (Å²) in [7, 11) is -3.00. The van der Waals surface area contributed by atoms with E-state index < -0.39 is 15.3 Å². The quantitative estimate of drug-likeness (QED) is 0.706. The number of hydrogen-bond donors (Lipinski definition) is 1. The number of sulfone groups is 1. The maximum Gasteiger partial charge on any atom is 0.310 e. The lowest BCUT2D eigenvalue weighted by atomic mass is 9.76. The van der Waals surface area contributed by atoms with Gasteiger partial charge in [-0.25, -0.2) is 8.42 Å². The van der Waals surface area contributed by atoms with Crippen LogP contribution in [0, 0.1) is 11.3 Å². The first-order valence-electron chi connectivity index (χ1n) is 6.07. The number of rotatable bonds is 2. The molecule has 0 aromatic carbocycles. The van der Waals surface area contributed by atoms with E-state index in [1.165, 1.54) is 0 Å². The number of ether oxygens (including phenoxy) is 1. The molecular formula is C11H19NO4S. The van der Waals surface area contributed by atoms with Crippen LogP contribution in [-0.4, -0.2) is 45.6 Å². The van der Waals surface area contributed by atoms with E-state index in [-0.39, 0.29) is 23.4 Å². The van der Waals surface area contributed by atoms with Crippen LogP contribution in [0.5, 0.6) is 0 Å². The lowest BCUT2D eigenvalue weighted by Gasteiger charge is -2.36. The largest absolute Gasteiger partial charge is 0.466 e. The Morgan fingerprint density at radius 2 is 2.29 bits per heavy atom. The number of hydrogen-bond acceptors (Lipinski definition) is 5. The van der Waals surface area contributed by atoms with Crippen LogP contribution in [0.1, 0.15) is 19.8 Å². The van der Waals surface area contributed by atoms with Gasteiger partial charge in [0.05, 0.1) is 24.0 Å². The van der Waals surface area contributed by atoms with Crippen LogP contribution in [0.25, 0.3) is 0 Å². The van der Waals surface area contributed by atoms with Crippen molar-refractivity contribution in [3.8, 4) is 0 Å². The van der Waals surface area contributed by atoms with E-state index in [1.54, 1.807) is 6.92 Å². The maximum atomic E-state index is 11.9. The van der Waals surface area contributed by atoms with Gasteiger partial charge in [-0.3, -0.25) is 4.79 Å². The molecule has 0 aromatic heterocycles. The van der Waals surface area contributed by atoms with Crippen molar-refractivity contribution in [3.63, 3.8) is 0 Å². The first kappa shape index (κ1) is 12.8. The van der Waals surface area contributed by atoms with Gasteiger partial charge in [0.15, 0.2) is 9.84 Å². The summed E-state index contributed by atoms with van der Waals surface area (Å²) in [6.45, 7) is 3.26. The minimum atomic E-state index is -3.00. The standard InChI is InChI=1S/C11H19NO4S/c1-2-16-10(13)9-6-12-7-11(9)4-3-5-17(14,15)8-11/h9,12H,2-8H2,1H3. The molecular weight excluding hydrogens is 242 g/mol. The highest BCUT2D eigenvalue weighted by molar-refractivity contribution is 7.91. The number of nitrogens with one attached hydrogen (secondary N) is 1. The first-order chi connectivity index (χ1) is 7.99. The van der Waals surface area contributed by atoms with Crippen LogP contribution in [0.2, 0.25) is 0 Å². The van der Waals surface area contributed by atoms with Gasteiger partial charge in [-0.05, 0) is 19.8 Å². The summed E-state index contributed by atoms with van der Waals surface area (Å²) in [5, 5.41) is 3.14. The van der Waals surface area contributed by atoms with Crippen LogP contribution in [0.3, 0.4) is 0 Å². The molecule has 2 heterocycles. The van der Waals surface area contributed by atoms with E-state index in [4.69, 9.17) is 4.74 Å². The van der Waals surface area contributed by atoms with Crippen LogP contribution in [0.15, 0.2) is 0 Å². The second kappa shape index (κ2) is 4.57. The fraction of sp³-hybridized carbons (Fsp3) is 0.909. The smallest absolute Gasteiger partial charge is 0.310 e. The molecule has 2 atom stereocenters. The summed E-state index contributed by atoms with van der Waals surface area (Å²) in [6.07, 6.45) is 1.45. The van der Waals surface area contributed by atoms with Crippen molar-refractivity contribution in [2.24, 2.45) is 11.3 Å². The Hall–Kier alpha value is -0.620. The van der Waals surface area contributed by atoms with Crippen molar-refractivity contribution in [3.05, 3.63) is 0 Å². The third kappa shape index (κ3) is 2.47. The maximum absolute atomic E-state index is 11.9. The summed E-state index contributed by atoms with van der Waals surface area (Å²) in [4.78, 5) is 11.9. The molecule has 2 unspecified atom stereocenters. The van der Waals surface area contributed by atoms with Gasteiger partial charge in [0.25, 0.3) is 0 Å². The average molecular weight is 261 g/mol. The predicted octanol–water partition coefficient (Wildman–Crippen LogP) is -0.0361. The van der Waals surface area contributed by atoms with Gasteiger partial charge >= 0.3 is 5.97 Å². The molecule has 6 heteroatoms. The van der Waals surface area contributed by atoms with Crippen molar-refractivity contribution in [1.82, 2.24) is 5.32 Å². The Morgan fingerprint density at radius 3 is 2.94 bits per heavy atom. The third-order valence-corrected chi connectivity index (χ3v) is 5.70. The summed E-state index contributed by atoms with van der Waals surface area (Å²) < 4.78 is 28.6. The van der Waals surface area contributed by atoms with Crippen molar-refractivity contribution in [1.29, 1.82) is 0 Å². The van der Waals surface area contributed by atoms with E-state index >= 15 is 0 Å². The molecule has 0 aromatic rings. The lowest BCUT2D eigenvalue weighted by Crippen LogP contribution is -2.45. The van der Waals surface area contributed by atoms with Crippen LogP contribution in [0.4, 0.5) is 0 Å². The Morgan fingerprint density at radius 1 is 1.53 bits per heavy atom. The molecule has 0 radical (unpaired) electrons. The minimum absolute atomic E-state index is 0.122. The second-order valence-corrected chi connectivity index (χ2v) is 7.18. The Kier molecular flexibility index (Phi) is 3.45. The SMILES string of the molecule is CCOC(=O)C1CNCC12CCCS(=O)(=O)C2. The minimum Gasteiger partial charge on any atom is -0.466 e. The zero-order valence-electron chi connectivity index (χ0n) is 10.1. The Labute approximate surface area is 102 Å². The Balaban J connectivity index is 2.20. The average Bonchev–Trinajstić information content (AvgIpc) is 2.59. The van der Waals surface area contributed by atoms with Crippen molar-refractivity contribution in [2.45, 2.75) is 19.8 Å². The number of carbonyl (C=O) groups excluding carboxylic acids is 1. The molecule has 2 aliphatic rings. The highest BCUT2D eigenvalue weighted by atomic mass is 32.2. The zero-order chi connectivity index (χ0) is 12.5. The van der Waals surface area contributed by atoms with E-state index in [0.29, 0.717) is 26.1 Å². The molecule has 2 saturated heterocycles. The molecule has 98 valence electrons. The van der Waals surface area contributed by atoms with Gasteiger partial charge in [0.1, 0.15) is 0 Å². The fourth-order valence-corrected chi connectivity index (χ4v) is 5.07. The van der Waals surface area contributed by atoms with Crippen LogP contribution < -0.4 is 5.32 Å². The summed E-state index contributed by atoms with van der Waals surface area (Å²) >= 11 is 0. The normalized spacial score (nSPS) is 35.9. The van der Waals surface area contributed by atoms with Crippen LogP contribution in [-0.2, 0) is 19.4 Å². The van der Waals surface area contributed by atoms with Crippen molar-refractivity contribution >= 4 is 15.8 Å². The molecule has 0 amide bonds. The monoisotopic (exact) mass is 261 g/mol. The molecule has 1 N–H and O–H groups in total. The molecule has 17 heavy (non-hydrogen) atoms. The number of esters is 1. The highest BCUT2D eigenvalue weighted by Gasteiger charge is 2.51. The van der Waals surface area contributed by atoms with E-state index in [2.05, 4.69) is 5.32 Å². The van der Waals surface area contributed by atoms with Gasteiger partial charge in [-0.1, -0.05) is 0 Å². The molecule has 1 spiro atoms. The fourth-order valence-electron chi connectivity index (χ4n) is 3.02. The molecule has 0 aliphatic carbocycles. The highest BCUT2D eigenvalue weighted by Crippen LogP contribution is 2.41. The van der Waals surface area contributed by atoms with Crippen molar-refractivity contribution < 1.29 is 17.9 Å². The molecule has 2 fully saturated rings. The van der Waals surface area contributed by atoms with Crippen LogP contribution >= 0.6 is 0 Å². The topological polar surface area (TPSA) is 72.5 Å². The first-order valence-corrected chi connectivity index (χ1v) is 7.89.